The molecule has 0 radical (unpaired) electrons. The van der Waals surface area contributed by atoms with Crippen LogP contribution in [0.25, 0.3) is 0 Å². The van der Waals surface area contributed by atoms with Gasteiger partial charge in [-0.05, 0) is 37.3 Å². The topological polar surface area (TPSA) is 74.2 Å². The lowest BCUT2D eigenvalue weighted by Gasteiger charge is -2.35. The van der Waals surface area contributed by atoms with Crippen molar-refractivity contribution in [3.63, 3.8) is 0 Å². The van der Waals surface area contributed by atoms with E-state index in [2.05, 4.69) is 41.1 Å². The highest BCUT2D eigenvalue weighted by Crippen LogP contribution is 2.21. The second kappa shape index (κ2) is 8.57. The first kappa shape index (κ1) is 19.3. The Morgan fingerprint density at radius 1 is 1.00 bits per heavy atom. The number of nitrogens with zero attached hydrogens (tertiary/aromatic N) is 5. The highest BCUT2D eigenvalue weighted by atomic mass is 79.9. The number of rotatable bonds is 4. The number of carbonyl (C=O) groups is 1. The maximum absolute atomic E-state index is 12.8. The van der Waals surface area contributed by atoms with Gasteiger partial charge >= 0.3 is 0 Å². The summed E-state index contributed by atoms with van der Waals surface area (Å²) in [5, 5.41) is 3.22. The molecule has 1 saturated heterocycles. The van der Waals surface area contributed by atoms with Crippen LogP contribution in [0.3, 0.4) is 0 Å². The first-order chi connectivity index (χ1) is 14.1. The van der Waals surface area contributed by atoms with E-state index in [4.69, 9.17) is 0 Å². The normalized spacial score (nSPS) is 14.0. The summed E-state index contributed by atoms with van der Waals surface area (Å²) in [7, 11) is 0. The average Bonchev–Trinajstić information content (AvgIpc) is 2.74. The molecule has 0 aliphatic carbocycles. The molecule has 3 heterocycles. The predicted molar refractivity (Wildman–Crippen MR) is 117 cm³/mol. The molecule has 0 atom stereocenters. The number of amides is 1. The number of halogens is 1. The van der Waals surface area contributed by atoms with Crippen LogP contribution in [0.2, 0.25) is 0 Å². The molecule has 1 fully saturated rings. The molecular formula is C21H21BrN6O. The predicted octanol–water partition coefficient (Wildman–Crippen LogP) is 3.65. The van der Waals surface area contributed by atoms with E-state index in [1.807, 2.05) is 60.4 Å². The third-order valence-corrected chi connectivity index (χ3v) is 5.20. The number of hydrogen-bond acceptors (Lipinski definition) is 6. The van der Waals surface area contributed by atoms with Crippen molar-refractivity contribution in [1.82, 2.24) is 19.9 Å². The molecule has 2 aromatic heterocycles. The van der Waals surface area contributed by atoms with Gasteiger partial charge in [0.25, 0.3) is 5.91 Å². The van der Waals surface area contributed by atoms with Gasteiger partial charge in [-0.25, -0.2) is 15.0 Å². The molecule has 7 nitrogen and oxygen atoms in total. The van der Waals surface area contributed by atoms with Gasteiger partial charge in [-0.1, -0.05) is 28.1 Å². The molecule has 1 aliphatic heterocycles. The van der Waals surface area contributed by atoms with Crippen LogP contribution >= 0.6 is 15.9 Å². The fourth-order valence-corrected chi connectivity index (χ4v) is 3.69. The number of benzene rings is 1. The number of piperazine rings is 1. The molecule has 29 heavy (non-hydrogen) atoms. The van der Waals surface area contributed by atoms with Crippen LogP contribution in [0, 0.1) is 6.92 Å². The van der Waals surface area contributed by atoms with Crippen LogP contribution in [0.5, 0.6) is 0 Å². The van der Waals surface area contributed by atoms with E-state index in [0.717, 1.165) is 29.2 Å². The first-order valence-electron chi connectivity index (χ1n) is 9.42. The number of anilines is 3. The summed E-state index contributed by atoms with van der Waals surface area (Å²) in [6.07, 6.45) is 1.73. The van der Waals surface area contributed by atoms with E-state index in [0.29, 0.717) is 30.3 Å². The van der Waals surface area contributed by atoms with Gasteiger partial charge in [-0.3, -0.25) is 4.79 Å². The first-order valence-corrected chi connectivity index (χ1v) is 10.2. The van der Waals surface area contributed by atoms with Crippen LogP contribution in [0.15, 0.2) is 59.2 Å². The largest absolute Gasteiger partial charge is 0.353 e. The molecule has 8 heteroatoms. The number of hydrogen-bond donors (Lipinski definition) is 1. The second-order valence-electron chi connectivity index (χ2n) is 6.79. The van der Waals surface area contributed by atoms with Gasteiger partial charge < -0.3 is 15.1 Å². The maximum atomic E-state index is 12.8. The Kier molecular flexibility index (Phi) is 5.71. The molecule has 0 bridgehead atoms. The molecule has 148 valence electrons. The van der Waals surface area contributed by atoms with E-state index in [-0.39, 0.29) is 5.91 Å². The molecule has 3 aromatic rings. The van der Waals surface area contributed by atoms with Gasteiger partial charge in [0.2, 0.25) is 0 Å². The highest BCUT2D eigenvalue weighted by molar-refractivity contribution is 9.10. The zero-order valence-electron chi connectivity index (χ0n) is 16.0. The number of nitrogens with one attached hydrogen (secondary N) is 1. The molecule has 1 amide bonds. The van der Waals surface area contributed by atoms with Crippen molar-refractivity contribution in [2.24, 2.45) is 0 Å². The summed E-state index contributed by atoms with van der Waals surface area (Å²) >= 11 is 3.43. The van der Waals surface area contributed by atoms with E-state index in [1.165, 1.54) is 0 Å². The Morgan fingerprint density at radius 3 is 2.55 bits per heavy atom. The Balaban J connectivity index is 1.43. The van der Waals surface area contributed by atoms with Gasteiger partial charge in [0.1, 0.15) is 23.3 Å². The van der Waals surface area contributed by atoms with Gasteiger partial charge in [-0.15, -0.1) is 0 Å². The van der Waals surface area contributed by atoms with Gasteiger partial charge in [-0.2, -0.15) is 0 Å². The van der Waals surface area contributed by atoms with Gasteiger partial charge in [0.15, 0.2) is 0 Å². The van der Waals surface area contributed by atoms with Crippen LogP contribution in [-0.4, -0.2) is 51.9 Å². The van der Waals surface area contributed by atoms with E-state index < -0.39 is 0 Å². The smallest absolute Gasteiger partial charge is 0.254 e. The van der Waals surface area contributed by atoms with Crippen LogP contribution in [-0.2, 0) is 0 Å². The van der Waals surface area contributed by atoms with Crippen molar-refractivity contribution in [3.05, 3.63) is 70.6 Å². The van der Waals surface area contributed by atoms with Gasteiger partial charge in [0.05, 0.1) is 0 Å². The summed E-state index contributed by atoms with van der Waals surface area (Å²) in [6, 6.07) is 15.1. The standard InChI is InChI=1S/C21H21BrN6O/c1-15-24-19(26-18-7-2-3-8-23-18)14-20(25-15)27-9-11-28(12-10-27)21(29)16-5-4-6-17(22)13-16/h2-8,13-14H,9-12H2,1H3,(H,23,24,25,26). The second-order valence-corrected chi connectivity index (χ2v) is 7.70. The number of aryl methyl sites for hydroxylation is 1. The van der Waals surface area contributed by atoms with Crippen molar-refractivity contribution in [1.29, 1.82) is 0 Å². The SMILES string of the molecule is Cc1nc(Nc2ccccn2)cc(N2CCN(C(=O)c3cccc(Br)c3)CC2)n1. The molecule has 0 saturated carbocycles. The molecule has 4 rings (SSSR count). The number of pyridine rings is 1. The Bertz CT molecular complexity index is 1010. The highest BCUT2D eigenvalue weighted by Gasteiger charge is 2.23. The summed E-state index contributed by atoms with van der Waals surface area (Å²) in [4.78, 5) is 30.1. The molecule has 1 aliphatic rings. The third kappa shape index (κ3) is 4.71. The third-order valence-electron chi connectivity index (χ3n) is 4.71. The maximum Gasteiger partial charge on any atom is 0.254 e. The number of aromatic nitrogens is 3. The lowest BCUT2D eigenvalue weighted by atomic mass is 10.2. The molecule has 0 unspecified atom stereocenters. The minimum atomic E-state index is 0.0577. The number of carbonyl (C=O) groups excluding carboxylic acids is 1. The fraction of sp³-hybridized carbons (Fsp3) is 0.238. The van der Waals surface area contributed by atoms with Crippen molar-refractivity contribution < 1.29 is 4.79 Å². The van der Waals surface area contributed by atoms with E-state index in [1.54, 1.807) is 6.20 Å². The Hall–Kier alpha value is -3.00. The van der Waals surface area contributed by atoms with Crippen molar-refractivity contribution >= 4 is 39.3 Å². The zero-order valence-corrected chi connectivity index (χ0v) is 17.6. The lowest BCUT2D eigenvalue weighted by Crippen LogP contribution is -2.49. The summed E-state index contributed by atoms with van der Waals surface area (Å²) < 4.78 is 0.909. The van der Waals surface area contributed by atoms with Crippen LogP contribution in [0.4, 0.5) is 17.5 Å². The van der Waals surface area contributed by atoms with Crippen LogP contribution < -0.4 is 10.2 Å². The molecule has 1 N–H and O–H groups in total. The quantitative estimate of drug-likeness (QED) is 0.650. The summed E-state index contributed by atoms with van der Waals surface area (Å²) in [5.41, 5.74) is 0.701. The summed E-state index contributed by atoms with van der Waals surface area (Å²) in [6.45, 7) is 4.62. The van der Waals surface area contributed by atoms with Gasteiger partial charge in [0, 0.05) is 48.5 Å². The Morgan fingerprint density at radius 2 is 1.83 bits per heavy atom. The average molecular weight is 453 g/mol. The van der Waals surface area contributed by atoms with Crippen molar-refractivity contribution in [3.8, 4) is 0 Å². The van der Waals surface area contributed by atoms with Crippen LogP contribution in [0.1, 0.15) is 16.2 Å². The van der Waals surface area contributed by atoms with E-state index >= 15 is 0 Å². The van der Waals surface area contributed by atoms with Crippen molar-refractivity contribution in [2.45, 2.75) is 6.92 Å². The molecular weight excluding hydrogens is 432 g/mol. The minimum absolute atomic E-state index is 0.0577. The zero-order chi connectivity index (χ0) is 20.2. The summed E-state index contributed by atoms with van der Waals surface area (Å²) in [5.74, 6) is 3.04. The minimum Gasteiger partial charge on any atom is -0.353 e. The van der Waals surface area contributed by atoms with Crippen molar-refractivity contribution in [2.75, 3.05) is 36.4 Å². The monoisotopic (exact) mass is 452 g/mol. The molecule has 0 spiro atoms. The lowest BCUT2D eigenvalue weighted by molar-refractivity contribution is 0.0746. The fourth-order valence-electron chi connectivity index (χ4n) is 3.29. The molecule has 1 aromatic carbocycles. The van der Waals surface area contributed by atoms with E-state index in [9.17, 15) is 4.79 Å². The Labute approximate surface area is 177 Å².